The zero-order chi connectivity index (χ0) is 24.3. The highest BCUT2D eigenvalue weighted by Gasteiger charge is 2.37. The van der Waals surface area contributed by atoms with Crippen molar-refractivity contribution in [3.63, 3.8) is 0 Å². The van der Waals surface area contributed by atoms with Crippen LogP contribution in [0.15, 0.2) is 36.4 Å². The van der Waals surface area contributed by atoms with Gasteiger partial charge in [0.05, 0.1) is 18.0 Å². The van der Waals surface area contributed by atoms with Crippen molar-refractivity contribution in [3.05, 3.63) is 65.0 Å². The second-order valence-corrected chi connectivity index (χ2v) is 9.29. The Morgan fingerprint density at radius 2 is 1.47 bits per heavy atom. The predicted octanol–water partition coefficient (Wildman–Crippen LogP) is 2.72. The topological polar surface area (TPSA) is 118 Å². The van der Waals surface area contributed by atoms with E-state index >= 15 is 0 Å². The van der Waals surface area contributed by atoms with Gasteiger partial charge >= 0.3 is 0 Å². The maximum absolute atomic E-state index is 13.5. The average Bonchev–Trinajstić information content (AvgIpc) is 2.70. The van der Waals surface area contributed by atoms with E-state index in [-0.39, 0.29) is 11.4 Å². The largest absolute Gasteiger partial charge is 0.503 e. The number of benzene rings is 2. The van der Waals surface area contributed by atoms with E-state index in [1.165, 1.54) is 12.1 Å². The lowest BCUT2D eigenvalue weighted by atomic mass is 9.83. The summed E-state index contributed by atoms with van der Waals surface area (Å²) < 4.78 is 66.1. The van der Waals surface area contributed by atoms with E-state index in [1.807, 2.05) is 4.90 Å². The molecular formula is C21H26F3NO6S. The van der Waals surface area contributed by atoms with E-state index in [2.05, 4.69) is 0 Å². The third-order valence-corrected chi connectivity index (χ3v) is 5.42. The van der Waals surface area contributed by atoms with E-state index in [1.54, 1.807) is 19.1 Å². The van der Waals surface area contributed by atoms with Gasteiger partial charge in [0.1, 0.15) is 5.82 Å². The fourth-order valence-electron chi connectivity index (χ4n) is 3.58. The highest BCUT2D eigenvalue weighted by molar-refractivity contribution is 7.85. The first-order valence-electron chi connectivity index (χ1n) is 9.72. The van der Waals surface area contributed by atoms with Crippen LogP contribution in [0.25, 0.3) is 0 Å². The summed E-state index contributed by atoms with van der Waals surface area (Å²) in [5, 5.41) is 30.5. The number of aliphatic hydroxyl groups is 2. The van der Waals surface area contributed by atoms with Crippen molar-refractivity contribution in [1.29, 1.82) is 0 Å². The number of halogens is 3. The van der Waals surface area contributed by atoms with Crippen molar-refractivity contribution in [3.8, 4) is 5.75 Å². The molecule has 1 heterocycles. The summed E-state index contributed by atoms with van der Waals surface area (Å²) in [7, 11) is -3.67. The van der Waals surface area contributed by atoms with E-state index in [0.29, 0.717) is 37.8 Å². The molecule has 3 rings (SSSR count). The van der Waals surface area contributed by atoms with Gasteiger partial charge in [0, 0.05) is 19.1 Å². The molecule has 0 bridgehead atoms. The van der Waals surface area contributed by atoms with Crippen LogP contribution in [0.5, 0.6) is 5.75 Å². The minimum Gasteiger partial charge on any atom is -0.503 e. The molecule has 0 amide bonds. The Kier molecular flexibility index (Phi) is 8.29. The Hall–Kier alpha value is -2.18. The normalized spacial score (nSPS) is 18.4. The summed E-state index contributed by atoms with van der Waals surface area (Å²) in [5.74, 6) is -3.69. The quantitative estimate of drug-likeness (QED) is 0.500. The van der Waals surface area contributed by atoms with Crippen LogP contribution in [0, 0.1) is 17.5 Å². The molecule has 0 spiro atoms. The van der Waals surface area contributed by atoms with Gasteiger partial charge in [-0.2, -0.15) is 8.42 Å². The smallest absolute Gasteiger partial charge is 0.261 e. The molecule has 4 N–H and O–H groups in total. The molecule has 0 unspecified atom stereocenters. The first-order valence-corrected chi connectivity index (χ1v) is 11.6. The predicted molar refractivity (Wildman–Crippen MR) is 111 cm³/mol. The molecule has 178 valence electrons. The third-order valence-electron chi connectivity index (χ3n) is 5.42. The molecule has 0 aromatic heterocycles. The number of likely N-dealkylation sites (tertiary alicyclic amines) is 1. The molecule has 1 saturated heterocycles. The Balaban J connectivity index is 0.000000654. The maximum atomic E-state index is 13.5. The molecule has 32 heavy (non-hydrogen) atoms. The molecule has 0 saturated carbocycles. The number of phenolic OH excluding ortho intramolecular Hbond substituents is 1. The molecule has 1 fully saturated rings. The summed E-state index contributed by atoms with van der Waals surface area (Å²) in [6, 6.07) is 7.11. The summed E-state index contributed by atoms with van der Waals surface area (Å²) in [6.45, 7) is 2.64. The molecule has 1 aliphatic rings. The highest BCUT2D eigenvalue weighted by atomic mass is 32.2. The van der Waals surface area contributed by atoms with Gasteiger partial charge < -0.3 is 15.3 Å². The number of nitrogens with zero attached hydrogens (tertiary/aromatic N) is 1. The number of aliphatic hydroxyl groups excluding tert-OH is 1. The van der Waals surface area contributed by atoms with Gasteiger partial charge in [0.25, 0.3) is 10.1 Å². The Morgan fingerprint density at radius 3 is 1.91 bits per heavy atom. The number of phenols is 1. The molecule has 2 aromatic carbocycles. The van der Waals surface area contributed by atoms with Crippen LogP contribution >= 0.6 is 0 Å². The molecule has 7 nitrogen and oxygen atoms in total. The average molecular weight is 478 g/mol. The first kappa shape index (κ1) is 26.1. The van der Waals surface area contributed by atoms with Gasteiger partial charge in [-0.05, 0) is 55.2 Å². The second-order valence-electron chi connectivity index (χ2n) is 7.83. The number of rotatable bonds is 4. The van der Waals surface area contributed by atoms with Gasteiger partial charge in [-0.1, -0.05) is 12.1 Å². The van der Waals surface area contributed by atoms with E-state index in [9.17, 15) is 36.9 Å². The minimum atomic E-state index is -3.67. The fraction of sp³-hybridized carbons (Fsp3) is 0.429. The van der Waals surface area contributed by atoms with E-state index in [4.69, 9.17) is 4.55 Å². The lowest BCUT2D eigenvalue weighted by Gasteiger charge is -2.42. The molecule has 11 heteroatoms. The third kappa shape index (κ3) is 6.91. The standard InChI is InChI=1S/C20H22F3NO3.CH4O3S/c1-12(18(25)13-10-16(22)19(26)17(23)11-13)24-8-6-20(27,7-9-24)14-2-4-15(21)5-3-14;1-5(2,3)4/h2-5,10-12,18,25-27H,6-9H2,1H3;1H3,(H,2,3,4)/t12-,18+;/m1./s1. The fourth-order valence-corrected chi connectivity index (χ4v) is 3.58. The molecule has 1 aliphatic heterocycles. The second kappa shape index (κ2) is 10.2. The molecule has 0 aliphatic carbocycles. The van der Waals surface area contributed by atoms with Crippen LogP contribution in [0.3, 0.4) is 0 Å². The first-order chi connectivity index (χ1) is 14.7. The van der Waals surface area contributed by atoms with E-state index in [0.717, 1.165) is 12.1 Å². The molecule has 2 atom stereocenters. The van der Waals surface area contributed by atoms with Crippen LogP contribution < -0.4 is 0 Å². The minimum absolute atomic E-state index is 0.0367. The number of aromatic hydroxyl groups is 1. The van der Waals surface area contributed by atoms with Crippen LogP contribution in [-0.4, -0.2) is 58.6 Å². The van der Waals surface area contributed by atoms with Crippen LogP contribution in [0.4, 0.5) is 13.2 Å². The van der Waals surface area contributed by atoms with Crippen molar-refractivity contribution in [2.75, 3.05) is 19.3 Å². The monoisotopic (exact) mass is 477 g/mol. The number of hydrogen-bond donors (Lipinski definition) is 4. The summed E-state index contributed by atoms with van der Waals surface area (Å²) in [6.07, 6.45) is 0.321. The highest BCUT2D eigenvalue weighted by Crippen LogP contribution is 2.35. The summed E-state index contributed by atoms with van der Waals surface area (Å²) in [5.41, 5.74) is -0.403. The zero-order valence-corrected chi connectivity index (χ0v) is 18.4. The van der Waals surface area contributed by atoms with Gasteiger partial charge in [-0.15, -0.1) is 0 Å². The van der Waals surface area contributed by atoms with Gasteiger partial charge in [0.2, 0.25) is 0 Å². The van der Waals surface area contributed by atoms with Crippen molar-refractivity contribution in [2.45, 2.75) is 37.5 Å². The van der Waals surface area contributed by atoms with E-state index < -0.39 is 45.2 Å². The SMILES string of the molecule is CS(=O)(=O)O.C[C@H]([C@H](O)c1cc(F)c(O)c(F)c1)N1CCC(O)(c2ccc(F)cc2)CC1. The van der Waals surface area contributed by atoms with Crippen LogP contribution in [-0.2, 0) is 15.7 Å². The molecule has 0 radical (unpaired) electrons. The summed E-state index contributed by atoms with van der Waals surface area (Å²) >= 11 is 0. The summed E-state index contributed by atoms with van der Waals surface area (Å²) in [4.78, 5) is 1.92. The van der Waals surface area contributed by atoms with Gasteiger partial charge in [-0.25, -0.2) is 13.2 Å². The zero-order valence-electron chi connectivity index (χ0n) is 17.5. The maximum Gasteiger partial charge on any atom is 0.261 e. The van der Waals surface area contributed by atoms with Crippen molar-refractivity contribution >= 4 is 10.1 Å². The van der Waals surface area contributed by atoms with Gasteiger partial charge in [0.15, 0.2) is 17.4 Å². The van der Waals surface area contributed by atoms with Crippen molar-refractivity contribution < 1.29 is 41.5 Å². The van der Waals surface area contributed by atoms with Gasteiger partial charge in [-0.3, -0.25) is 9.45 Å². The molecule has 2 aromatic rings. The Bertz CT molecular complexity index is 993. The molecular weight excluding hydrogens is 451 g/mol. The Morgan fingerprint density at radius 1 is 1.03 bits per heavy atom. The van der Waals surface area contributed by atoms with Crippen molar-refractivity contribution in [2.24, 2.45) is 0 Å². The van der Waals surface area contributed by atoms with Crippen molar-refractivity contribution in [1.82, 2.24) is 4.90 Å². The lowest BCUT2D eigenvalue weighted by Crippen LogP contribution is -2.47. The number of piperidine rings is 1. The number of hydrogen-bond acceptors (Lipinski definition) is 6. The van der Waals surface area contributed by atoms with Crippen LogP contribution in [0.1, 0.15) is 37.0 Å². The lowest BCUT2D eigenvalue weighted by molar-refractivity contribution is -0.0502. The Labute approximate surface area is 184 Å². The van der Waals surface area contributed by atoms with Crippen LogP contribution in [0.2, 0.25) is 0 Å².